The van der Waals surface area contributed by atoms with Crippen molar-refractivity contribution in [2.45, 2.75) is 27.2 Å². The predicted octanol–water partition coefficient (Wildman–Crippen LogP) is 0.882. The Balaban J connectivity index is 1.35. The van der Waals surface area contributed by atoms with E-state index in [4.69, 9.17) is 9.47 Å². The SMILES string of the molecule is CCNCCOCCN1CC2(C1)CN(CCOCCNCC(C)CC)C2. The molecule has 2 rings (SSSR count). The minimum atomic E-state index is 0.585. The van der Waals surface area contributed by atoms with Crippen molar-refractivity contribution in [3.8, 4) is 0 Å². The Morgan fingerprint density at radius 1 is 0.846 bits per heavy atom. The van der Waals surface area contributed by atoms with Crippen LogP contribution in [-0.4, -0.2) is 102 Å². The third-order valence-electron chi connectivity index (χ3n) is 5.63. The summed E-state index contributed by atoms with van der Waals surface area (Å²) in [6, 6.07) is 0. The highest BCUT2D eigenvalue weighted by atomic mass is 16.5. The fraction of sp³-hybridized carbons (Fsp3) is 1.00. The normalized spacial score (nSPS) is 20.9. The average Bonchev–Trinajstić information content (AvgIpc) is 2.58. The summed E-state index contributed by atoms with van der Waals surface area (Å²) in [7, 11) is 0. The van der Waals surface area contributed by atoms with Crippen molar-refractivity contribution in [1.29, 1.82) is 0 Å². The van der Waals surface area contributed by atoms with Gasteiger partial charge < -0.3 is 20.1 Å². The molecular formula is C20H42N4O2. The minimum absolute atomic E-state index is 0.585. The van der Waals surface area contributed by atoms with Crippen LogP contribution < -0.4 is 10.6 Å². The zero-order valence-corrected chi connectivity index (χ0v) is 17.4. The molecular weight excluding hydrogens is 328 g/mol. The molecule has 1 spiro atoms. The van der Waals surface area contributed by atoms with Gasteiger partial charge in [-0.2, -0.15) is 0 Å². The Labute approximate surface area is 161 Å². The highest BCUT2D eigenvalue weighted by Gasteiger charge is 2.50. The van der Waals surface area contributed by atoms with E-state index in [0.717, 1.165) is 71.6 Å². The maximum Gasteiger partial charge on any atom is 0.0594 e. The average molecular weight is 371 g/mol. The molecule has 2 aliphatic heterocycles. The van der Waals surface area contributed by atoms with Gasteiger partial charge in [0.05, 0.1) is 26.4 Å². The number of rotatable bonds is 16. The smallest absolute Gasteiger partial charge is 0.0594 e. The Morgan fingerprint density at radius 2 is 1.38 bits per heavy atom. The number of likely N-dealkylation sites (tertiary alicyclic amines) is 2. The first-order valence-corrected chi connectivity index (χ1v) is 10.7. The summed E-state index contributed by atoms with van der Waals surface area (Å²) in [5.41, 5.74) is 0.585. The second-order valence-electron chi connectivity index (χ2n) is 8.22. The van der Waals surface area contributed by atoms with Gasteiger partial charge in [-0.3, -0.25) is 9.80 Å². The summed E-state index contributed by atoms with van der Waals surface area (Å²) in [6.45, 7) is 21.3. The molecule has 0 aromatic heterocycles. The molecule has 2 N–H and O–H groups in total. The van der Waals surface area contributed by atoms with E-state index in [1.54, 1.807) is 0 Å². The first-order chi connectivity index (χ1) is 12.7. The van der Waals surface area contributed by atoms with Gasteiger partial charge in [-0.1, -0.05) is 27.2 Å². The summed E-state index contributed by atoms with van der Waals surface area (Å²) < 4.78 is 11.4. The summed E-state index contributed by atoms with van der Waals surface area (Å²) in [6.07, 6.45) is 1.24. The number of hydrogen-bond donors (Lipinski definition) is 2. The largest absolute Gasteiger partial charge is 0.379 e. The minimum Gasteiger partial charge on any atom is -0.379 e. The van der Waals surface area contributed by atoms with E-state index >= 15 is 0 Å². The Kier molecular flexibility index (Phi) is 10.4. The fourth-order valence-corrected chi connectivity index (χ4v) is 3.87. The lowest BCUT2D eigenvalue weighted by atomic mass is 9.73. The number of ether oxygens (including phenoxy) is 2. The predicted molar refractivity (Wildman–Crippen MR) is 108 cm³/mol. The molecule has 0 radical (unpaired) electrons. The molecule has 0 bridgehead atoms. The van der Waals surface area contributed by atoms with Gasteiger partial charge in [0, 0.05) is 57.8 Å². The Morgan fingerprint density at radius 3 is 1.88 bits per heavy atom. The molecule has 2 aliphatic rings. The van der Waals surface area contributed by atoms with Crippen molar-refractivity contribution in [2.24, 2.45) is 11.3 Å². The Hall–Kier alpha value is -0.240. The second-order valence-corrected chi connectivity index (χ2v) is 8.22. The van der Waals surface area contributed by atoms with Crippen LogP contribution >= 0.6 is 0 Å². The number of likely N-dealkylation sites (N-methyl/N-ethyl adjacent to an activating group) is 1. The third-order valence-corrected chi connectivity index (χ3v) is 5.63. The zero-order chi connectivity index (χ0) is 18.7. The van der Waals surface area contributed by atoms with Gasteiger partial charge in [0.25, 0.3) is 0 Å². The number of hydrogen-bond acceptors (Lipinski definition) is 6. The van der Waals surface area contributed by atoms with Crippen molar-refractivity contribution in [3.63, 3.8) is 0 Å². The molecule has 2 saturated heterocycles. The lowest BCUT2D eigenvalue weighted by Crippen LogP contribution is -2.72. The highest BCUT2D eigenvalue weighted by Crippen LogP contribution is 2.38. The van der Waals surface area contributed by atoms with E-state index in [-0.39, 0.29) is 0 Å². The summed E-state index contributed by atoms with van der Waals surface area (Å²) in [5.74, 6) is 0.763. The zero-order valence-electron chi connectivity index (χ0n) is 17.4. The van der Waals surface area contributed by atoms with Crippen molar-refractivity contribution >= 4 is 0 Å². The van der Waals surface area contributed by atoms with Crippen LogP contribution in [0.1, 0.15) is 27.2 Å². The summed E-state index contributed by atoms with van der Waals surface area (Å²) in [4.78, 5) is 5.07. The van der Waals surface area contributed by atoms with Gasteiger partial charge in [-0.25, -0.2) is 0 Å². The molecule has 6 nitrogen and oxygen atoms in total. The number of nitrogens with zero attached hydrogens (tertiary/aromatic N) is 2. The van der Waals surface area contributed by atoms with E-state index in [9.17, 15) is 0 Å². The van der Waals surface area contributed by atoms with Crippen LogP contribution in [0.5, 0.6) is 0 Å². The molecule has 2 heterocycles. The van der Waals surface area contributed by atoms with Crippen molar-refractivity contribution in [1.82, 2.24) is 20.4 Å². The van der Waals surface area contributed by atoms with Crippen LogP contribution in [0.2, 0.25) is 0 Å². The van der Waals surface area contributed by atoms with Gasteiger partial charge in [0.2, 0.25) is 0 Å². The molecule has 6 heteroatoms. The van der Waals surface area contributed by atoms with Gasteiger partial charge in [0.1, 0.15) is 0 Å². The fourth-order valence-electron chi connectivity index (χ4n) is 3.87. The van der Waals surface area contributed by atoms with Crippen LogP contribution in [0.4, 0.5) is 0 Å². The maximum atomic E-state index is 5.75. The van der Waals surface area contributed by atoms with Gasteiger partial charge >= 0.3 is 0 Å². The van der Waals surface area contributed by atoms with Crippen LogP contribution in [-0.2, 0) is 9.47 Å². The van der Waals surface area contributed by atoms with Crippen LogP contribution in [0.3, 0.4) is 0 Å². The molecule has 154 valence electrons. The van der Waals surface area contributed by atoms with Crippen molar-refractivity contribution < 1.29 is 9.47 Å². The molecule has 1 atom stereocenters. The van der Waals surface area contributed by atoms with Crippen molar-refractivity contribution in [2.75, 3.05) is 91.9 Å². The summed E-state index contributed by atoms with van der Waals surface area (Å²) in [5, 5.41) is 6.74. The van der Waals surface area contributed by atoms with Gasteiger partial charge in [-0.05, 0) is 19.0 Å². The quantitative estimate of drug-likeness (QED) is 0.394. The van der Waals surface area contributed by atoms with E-state index in [2.05, 4.69) is 41.2 Å². The maximum absolute atomic E-state index is 5.75. The molecule has 0 aromatic carbocycles. The lowest BCUT2D eigenvalue weighted by molar-refractivity contribution is -0.123. The number of nitrogens with one attached hydrogen (secondary N) is 2. The van der Waals surface area contributed by atoms with Gasteiger partial charge in [0.15, 0.2) is 0 Å². The van der Waals surface area contributed by atoms with Gasteiger partial charge in [-0.15, -0.1) is 0 Å². The second kappa shape index (κ2) is 12.3. The molecule has 1 unspecified atom stereocenters. The molecule has 2 fully saturated rings. The van der Waals surface area contributed by atoms with E-state index < -0.39 is 0 Å². The van der Waals surface area contributed by atoms with E-state index in [1.807, 2.05) is 0 Å². The third kappa shape index (κ3) is 7.79. The van der Waals surface area contributed by atoms with Crippen LogP contribution in [0.15, 0.2) is 0 Å². The lowest BCUT2D eigenvalue weighted by Gasteiger charge is -2.60. The Bertz CT molecular complexity index is 356. The van der Waals surface area contributed by atoms with E-state index in [1.165, 1.54) is 32.6 Å². The molecule has 0 aliphatic carbocycles. The van der Waals surface area contributed by atoms with Crippen molar-refractivity contribution in [3.05, 3.63) is 0 Å². The topological polar surface area (TPSA) is 49.0 Å². The molecule has 26 heavy (non-hydrogen) atoms. The molecule has 0 amide bonds. The van der Waals surface area contributed by atoms with Crippen LogP contribution in [0.25, 0.3) is 0 Å². The highest BCUT2D eigenvalue weighted by molar-refractivity contribution is 5.05. The summed E-state index contributed by atoms with van der Waals surface area (Å²) >= 11 is 0. The first-order valence-electron chi connectivity index (χ1n) is 10.7. The standard InChI is InChI=1S/C20H42N4O2/c1-4-19(3)14-22-7-11-26-13-9-24-17-20(18-24)15-23(16-20)8-12-25-10-6-21-5-2/h19,21-22H,4-18H2,1-3H3. The molecule has 0 aromatic rings. The van der Waals surface area contributed by atoms with Crippen LogP contribution in [0, 0.1) is 11.3 Å². The monoisotopic (exact) mass is 370 g/mol. The first kappa shape index (κ1) is 22.1. The molecule has 0 saturated carbocycles. The van der Waals surface area contributed by atoms with E-state index in [0.29, 0.717) is 5.41 Å².